The zero-order valence-corrected chi connectivity index (χ0v) is 22.0. The summed E-state index contributed by atoms with van der Waals surface area (Å²) in [5.74, 6) is -0.301. The number of primary amides is 1. The van der Waals surface area contributed by atoms with Crippen molar-refractivity contribution in [3.8, 4) is 5.75 Å². The number of nitrogens with two attached hydrogens (primary N) is 1. The Morgan fingerprint density at radius 3 is 2.45 bits per heavy atom. The molecule has 13 heteroatoms. The van der Waals surface area contributed by atoms with E-state index in [2.05, 4.69) is 25.3 Å². The van der Waals surface area contributed by atoms with Crippen molar-refractivity contribution in [3.63, 3.8) is 0 Å². The first-order valence-corrected chi connectivity index (χ1v) is 12.7. The molecule has 9 nitrogen and oxygen atoms in total. The Balaban J connectivity index is 1.13. The number of ether oxygens (including phenoxy) is 3. The number of hydrogen-bond acceptors (Lipinski definition) is 8. The molecule has 0 aliphatic rings. The Hall–Kier alpha value is -3.71. The lowest BCUT2D eigenvalue weighted by Gasteiger charge is -2.12. The summed E-state index contributed by atoms with van der Waals surface area (Å²) in [6.45, 7) is 3.10. The molecule has 0 bridgehead atoms. The maximum Gasteiger partial charge on any atom is 0.573 e. The number of aromatic nitrogens is 2. The average Bonchev–Trinajstić information content (AvgIpc) is 2.92. The molecule has 0 saturated heterocycles. The van der Waals surface area contributed by atoms with Crippen LogP contribution in [0, 0.1) is 0 Å². The van der Waals surface area contributed by atoms with Gasteiger partial charge in [0, 0.05) is 53.8 Å². The molecule has 2 heterocycles. The first kappa shape index (κ1) is 29.3. The van der Waals surface area contributed by atoms with Crippen LogP contribution in [0.1, 0.15) is 15.9 Å². The van der Waals surface area contributed by atoms with Gasteiger partial charge in [-0.15, -0.1) is 13.2 Å². The molecule has 0 spiro atoms. The first-order chi connectivity index (χ1) is 19.2. The van der Waals surface area contributed by atoms with Gasteiger partial charge in [0.25, 0.3) is 0 Å². The average molecular weight is 578 g/mol. The highest BCUT2D eigenvalue weighted by molar-refractivity contribution is 6.32. The Kier molecular flexibility index (Phi) is 9.93. The second-order valence-corrected chi connectivity index (χ2v) is 9.03. The number of pyridine rings is 2. The van der Waals surface area contributed by atoms with Gasteiger partial charge in [-0.05, 0) is 35.9 Å². The number of carbonyl (C=O) groups excluding carboxylic acids is 1. The fourth-order valence-corrected chi connectivity index (χ4v) is 4.18. The third kappa shape index (κ3) is 8.15. The number of halogens is 4. The van der Waals surface area contributed by atoms with Crippen LogP contribution < -0.4 is 21.1 Å². The zero-order chi connectivity index (χ0) is 28.5. The van der Waals surface area contributed by atoms with Crippen LogP contribution in [0.3, 0.4) is 0 Å². The summed E-state index contributed by atoms with van der Waals surface area (Å²) >= 11 is 5.85. The number of benzene rings is 2. The fourth-order valence-electron chi connectivity index (χ4n) is 3.94. The smallest absolute Gasteiger partial charge is 0.404 e. The lowest BCUT2D eigenvalue weighted by molar-refractivity contribution is -0.274. The van der Waals surface area contributed by atoms with Crippen LogP contribution in [0.4, 0.5) is 19.0 Å². The van der Waals surface area contributed by atoms with E-state index in [9.17, 15) is 18.0 Å². The number of fused-ring (bicyclic) bond motifs is 3. The summed E-state index contributed by atoms with van der Waals surface area (Å²) in [5.41, 5.74) is 7.15. The summed E-state index contributed by atoms with van der Waals surface area (Å²) in [5, 5.41) is 8.97. The number of anilines is 1. The Labute approximate surface area is 232 Å². The third-order valence-corrected chi connectivity index (χ3v) is 6.06. The number of amides is 1. The minimum Gasteiger partial charge on any atom is -0.404 e. The van der Waals surface area contributed by atoms with E-state index in [4.69, 9.17) is 26.8 Å². The van der Waals surface area contributed by atoms with Crippen molar-refractivity contribution in [2.24, 2.45) is 5.73 Å². The minimum atomic E-state index is -4.79. The molecular formula is C27H27ClF3N5O4. The molecule has 212 valence electrons. The third-order valence-electron chi connectivity index (χ3n) is 5.77. The highest BCUT2D eigenvalue weighted by Crippen LogP contribution is 2.31. The Morgan fingerprint density at radius 1 is 0.950 bits per heavy atom. The van der Waals surface area contributed by atoms with Gasteiger partial charge in [0.1, 0.15) is 11.6 Å². The van der Waals surface area contributed by atoms with E-state index in [1.165, 1.54) is 18.2 Å². The Morgan fingerprint density at radius 2 is 1.73 bits per heavy atom. The van der Waals surface area contributed by atoms with Crippen molar-refractivity contribution in [1.82, 2.24) is 15.3 Å². The molecule has 4 aromatic rings. The van der Waals surface area contributed by atoms with E-state index < -0.39 is 18.0 Å². The van der Waals surface area contributed by atoms with E-state index in [1.807, 2.05) is 12.1 Å². The quantitative estimate of drug-likeness (QED) is 0.146. The van der Waals surface area contributed by atoms with E-state index in [-0.39, 0.29) is 5.02 Å². The highest BCUT2D eigenvalue weighted by Gasteiger charge is 2.32. The van der Waals surface area contributed by atoms with Crippen LogP contribution >= 0.6 is 11.6 Å². The van der Waals surface area contributed by atoms with E-state index >= 15 is 0 Å². The Bertz CT molecular complexity index is 1470. The SMILES string of the molecule is NC(=O)c1ccc2c(c1)nc(NCCOCCOCCNCc1ccc(OC(F)(F)F)c(Cl)c1)c1ccncc12. The molecule has 0 unspecified atom stereocenters. The van der Waals surface area contributed by atoms with Crippen molar-refractivity contribution in [2.75, 3.05) is 44.8 Å². The molecular weight excluding hydrogens is 551 g/mol. The molecule has 0 fully saturated rings. The maximum absolute atomic E-state index is 12.3. The second-order valence-electron chi connectivity index (χ2n) is 8.62. The highest BCUT2D eigenvalue weighted by atomic mass is 35.5. The predicted molar refractivity (Wildman–Crippen MR) is 146 cm³/mol. The molecule has 2 aromatic heterocycles. The van der Waals surface area contributed by atoms with Gasteiger partial charge >= 0.3 is 6.36 Å². The molecule has 0 atom stereocenters. The van der Waals surface area contributed by atoms with Crippen LogP contribution in [0.15, 0.2) is 54.9 Å². The monoisotopic (exact) mass is 577 g/mol. The number of nitrogens with zero attached hydrogens (tertiary/aromatic N) is 2. The summed E-state index contributed by atoms with van der Waals surface area (Å²) in [7, 11) is 0. The van der Waals surface area contributed by atoms with Gasteiger partial charge in [-0.3, -0.25) is 9.78 Å². The maximum atomic E-state index is 12.3. The number of alkyl halides is 3. The van der Waals surface area contributed by atoms with Crippen molar-refractivity contribution in [3.05, 3.63) is 71.0 Å². The van der Waals surface area contributed by atoms with Crippen molar-refractivity contribution in [1.29, 1.82) is 0 Å². The van der Waals surface area contributed by atoms with Gasteiger partial charge in [-0.25, -0.2) is 4.98 Å². The van der Waals surface area contributed by atoms with Crippen LogP contribution in [-0.2, 0) is 16.0 Å². The van der Waals surface area contributed by atoms with Crippen molar-refractivity contribution < 1.29 is 32.2 Å². The first-order valence-electron chi connectivity index (χ1n) is 12.3. The number of carbonyl (C=O) groups is 1. The van der Waals surface area contributed by atoms with Gasteiger partial charge < -0.3 is 30.6 Å². The van der Waals surface area contributed by atoms with Crippen LogP contribution in [0.25, 0.3) is 21.7 Å². The van der Waals surface area contributed by atoms with Crippen molar-refractivity contribution in [2.45, 2.75) is 12.9 Å². The van der Waals surface area contributed by atoms with Gasteiger partial charge in [0.15, 0.2) is 0 Å². The molecule has 0 radical (unpaired) electrons. The molecule has 0 saturated carbocycles. The molecule has 2 aromatic carbocycles. The van der Waals surface area contributed by atoms with Gasteiger partial charge in [-0.2, -0.15) is 0 Å². The summed E-state index contributed by atoms with van der Waals surface area (Å²) in [6.07, 6.45) is -1.34. The zero-order valence-electron chi connectivity index (χ0n) is 21.3. The number of nitrogens with one attached hydrogen (secondary N) is 2. The van der Waals surface area contributed by atoms with Crippen LogP contribution in [0.5, 0.6) is 5.75 Å². The van der Waals surface area contributed by atoms with Crippen LogP contribution in [-0.4, -0.2) is 61.8 Å². The fraction of sp³-hybridized carbons (Fsp3) is 0.296. The molecule has 0 aliphatic carbocycles. The molecule has 0 aliphatic heterocycles. The normalized spacial score (nSPS) is 11.7. The van der Waals surface area contributed by atoms with E-state index in [1.54, 1.807) is 24.5 Å². The van der Waals surface area contributed by atoms with Crippen molar-refractivity contribution >= 4 is 45.0 Å². The van der Waals surface area contributed by atoms with Gasteiger partial charge in [0.2, 0.25) is 5.91 Å². The molecule has 40 heavy (non-hydrogen) atoms. The van der Waals surface area contributed by atoms with E-state index in [0.717, 1.165) is 16.2 Å². The summed E-state index contributed by atoms with van der Waals surface area (Å²) in [6, 6.07) is 11.1. The summed E-state index contributed by atoms with van der Waals surface area (Å²) in [4.78, 5) is 20.5. The standard InChI is InChI=1S/C27H27ClF3N5O4/c28-22-13-17(1-4-24(22)40-27(29,30)31)15-34-7-9-38-11-12-39-10-8-35-26-20-5-6-33-16-21(20)19-3-2-18(25(32)37)14-23(19)36-26/h1-6,13-14,16,34H,7-12,15H2,(H2,32,37)(H,35,36). The van der Waals surface area contributed by atoms with Crippen LogP contribution in [0.2, 0.25) is 5.02 Å². The minimum absolute atomic E-state index is 0.113. The number of rotatable bonds is 14. The topological polar surface area (TPSA) is 121 Å². The summed E-state index contributed by atoms with van der Waals surface area (Å²) < 4.78 is 52.0. The number of hydrogen-bond donors (Lipinski definition) is 3. The second kappa shape index (κ2) is 13.6. The molecule has 4 rings (SSSR count). The van der Waals surface area contributed by atoms with Gasteiger partial charge in [0.05, 0.1) is 37.0 Å². The van der Waals surface area contributed by atoms with Gasteiger partial charge in [-0.1, -0.05) is 23.7 Å². The van der Waals surface area contributed by atoms with E-state index in [0.29, 0.717) is 68.5 Å². The lowest BCUT2D eigenvalue weighted by Crippen LogP contribution is -2.21. The molecule has 1 amide bonds. The largest absolute Gasteiger partial charge is 0.573 e. The molecule has 4 N–H and O–H groups in total. The lowest BCUT2D eigenvalue weighted by atomic mass is 10.1. The predicted octanol–water partition coefficient (Wildman–Crippen LogP) is 4.67.